The second kappa shape index (κ2) is 9.05. The zero-order valence-corrected chi connectivity index (χ0v) is 16.3. The third-order valence-electron chi connectivity index (χ3n) is 5.23. The van der Waals surface area contributed by atoms with Gasteiger partial charge in [-0.2, -0.15) is 0 Å². The maximum Gasteiger partial charge on any atom is 0.309 e. The predicted molar refractivity (Wildman–Crippen MR) is 104 cm³/mol. The van der Waals surface area contributed by atoms with Crippen LogP contribution in [-0.4, -0.2) is 41.3 Å². The van der Waals surface area contributed by atoms with Gasteiger partial charge in [0.1, 0.15) is 5.75 Å². The number of esters is 1. The number of ether oxygens (including phenoxy) is 1. The number of pyridine rings is 1. The molecule has 150 valence electrons. The Bertz CT molecular complexity index is 695. The molecule has 0 radical (unpaired) electrons. The van der Waals surface area contributed by atoms with E-state index in [2.05, 4.69) is 4.98 Å². The minimum atomic E-state index is 0.0576. The van der Waals surface area contributed by atoms with Gasteiger partial charge in [0, 0.05) is 13.6 Å². The van der Waals surface area contributed by atoms with Gasteiger partial charge in [-0.1, -0.05) is 6.42 Å². The molecular formula is C19H31N5O3. The molecule has 0 spiro atoms. The maximum absolute atomic E-state index is 11.2. The van der Waals surface area contributed by atoms with E-state index in [-0.39, 0.29) is 18.3 Å². The highest BCUT2D eigenvalue weighted by atomic mass is 16.5. The summed E-state index contributed by atoms with van der Waals surface area (Å²) < 4.78 is 4.96. The van der Waals surface area contributed by atoms with Gasteiger partial charge in [0.25, 0.3) is 0 Å². The summed E-state index contributed by atoms with van der Waals surface area (Å²) in [5.74, 6) is 7.48. The molecule has 7 N–H and O–H groups in total. The normalized spacial score (nSPS) is 23.5. The van der Waals surface area contributed by atoms with Crippen molar-refractivity contribution in [1.29, 1.82) is 0 Å². The summed E-state index contributed by atoms with van der Waals surface area (Å²) in [7, 11) is 1.66. The van der Waals surface area contributed by atoms with Gasteiger partial charge in [-0.05, 0) is 50.7 Å². The summed E-state index contributed by atoms with van der Waals surface area (Å²) in [4.78, 5) is 15.3. The zero-order valence-electron chi connectivity index (χ0n) is 16.3. The van der Waals surface area contributed by atoms with Gasteiger partial charge in [0.15, 0.2) is 0 Å². The number of aryl methyl sites for hydroxylation is 1. The third kappa shape index (κ3) is 4.90. The number of likely N-dealkylation sites (N-methyl/N-ethyl adjacent to an activating group) is 1. The molecule has 2 aliphatic rings. The summed E-state index contributed by atoms with van der Waals surface area (Å²) in [5, 5.41) is 10.7. The van der Waals surface area contributed by atoms with Crippen molar-refractivity contribution in [3.05, 3.63) is 29.2 Å². The van der Waals surface area contributed by atoms with Crippen LogP contribution in [0.15, 0.2) is 17.8 Å². The van der Waals surface area contributed by atoms with Gasteiger partial charge < -0.3 is 26.3 Å². The third-order valence-corrected chi connectivity index (χ3v) is 5.23. The minimum absolute atomic E-state index is 0.0576. The number of fused-ring (bicyclic) bond motifs is 1. The van der Waals surface area contributed by atoms with Gasteiger partial charge in [0.2, 0.25) is 0 Å². The Balaban J connectivity index is 0.000000206. The van der Waals surface area contributed by atoms with E-state index in [0.29, 0.717) is 47.1 Å². The highest BCUT2D eigenvalue weighted by Crippen LogP contribution is 2.57. The van der Waals surface area contributed by atoms with Gasteiger partial charge in [-0.3, -0.25) is 4.79 Å². The molecule has 3 rings (SSSR count). The van der Waals surface area contributed by atoms with Crippen molar-refractivity contribution in [2.45, 2.75) is 33.1 Å². The molecule has 0 saturated heterocycles. The van der Waals surface area contributed by atoms with Crippen molar-refractivity contribution in [1.82, 2.24) is 9.99 Å². The molecule has 0 aliphatic heterocycles. The second-order valence-corrected chi connectivity index (χ2v) is 7.01. The summed E-state index contributed by atoms with van der Waals surface area (Å²) in [5.41, 5.74) is 13.5. The van der Waals surface area contributed by atoms with Crippen LogP contribution in [0.1, 0.15) is 37.6 Å². The lowest BCUT2D eigenvalue weighted by Crippen LogP contribution is -2.32. The highest BCUT2D eigenvalue weighted by Gasteiger charge is 2.57. The molecular weight excluding hydrogens is 346 g/mol. The van der Waals surface area contributed by atoms with E-state index in [1.165, 1.54) is 30.3 Å². The predicted octanol–water partition coefficient (Wildman–Crippen LogP) is 1.08. The first-order valence-corrected chi connectivity index (χ1v) is 9.32. The summed E-state index contributed by atoms with van der Waals surface area (Å²) in [6, 6.07) is 3.16. The maximum atomic E-state index is 11.2. The molecule has 2 saturated carbocycles. The monoisotopic (exact) mass is 377 g/mol. The molecule has 2 aliphatic carbocycles. The Labute approximate surface area is 160 Å². The first-order chi connectivity index (χ1) is 12.8. The van der Waals surface area contributed by atoms with Crippen LogP contribution in [-0.2, 0) is 9.53 Å². The molecule has 0 bridgehead atoms. The van der Waals surface area contributed by atoms with Crippen molar-refractivity contribution < 1.29 is 14.6 Å². The molecule has 27 heavy (non-hydrogen) atoms. The van der Waals surface area contributed by atoms with E-state index < -0.39 is 0 Å². The quantitative estimate of drug-likeness (QED) is 0.339. The standard InChI is InChI=1S/C10H17N5O.C9H14O2/c1-6-9(16)4-3-7(14-6)10(12)8(5-11)15(2)13;1-2-11-9(10)8-6-4-3-5-7(6)8/h3-4,16H,5,11-13H2,1-2H3;6-8H,2-5H2,1H3/b10-8-;. The molecule has 8 heteroatoms. The number of nitrogens with zero attached hydrogens (tertiary/aromatic N) is 2. The second-order valence-electron chi connectivity index (χ2n) is 7.01. The Morgan fingerprint density at radius 2 is 2.00 bits per heavy atom. The highest BCUT2D eigenvalue weighted by molar-refractivity contribution is 5.76. The minimum Gasteiger partial charge on any atom is -0.506 e. The first kappa shape index (κ1) is 21.0. The largest absolute Gasteiger partial charge is 0.506 e. The topological polar surface area (TPSA) is 141 Å². The first-order valence-electron chi connectivity index (χ1n) is 9.32. The number of hydrogen-bond acceptors (Lipinski definition) is 8. The fourth-order valence-corrected chi connectivity index (χ4v) is 3.71. The zero-order chi connectivity index (χ0) is 20.1. The van der Waals surface area contributed by atoms with Crippen molar-refractivity contribution in [3.8, 4) is 5.75 Å². The molecule has 8 nitrogen and oxygen atoms in total. The van der Waals surface area contributed by atoms with Crippen LogP contribution in [0.2, 0.25) is 0 Å². The summed E-state index contributed by atoms with van der Waals surface area (Å²) in [6.45, 7) is 4.33. The van der Waals surface area contributed by atoms with Crippen LogP contribution in [0.3, 0.4) is 0 Å². The molecule has 0 amide bonds. The van der Waals surface area contributed by atoms with Crippen LogP contribution in [0.5, 0.6) is 5.75 Å². The smallest absolute Gasteiger partial charge is 0.309 e. The fraction of sp³-hybridized carbons (Fsp3) is 0.579. The number of rotatable bonds is 5. The molecule has 2 unspecified atom stereocenters. The van der Waals surface area contributed by atoms with Crippen LogP contribution in [0, 0.1) is 24.7 Å². The Morgan fingerprint density at radius 1 is 1.37 bits per heavy atom. The summed E-state index contributed by atoms with van der Waals surface area (Å²) >= 11 is 0. The van der Waals surface area contributed by atoms with E-state index in [4.69, 9.17) is 22.0 Å². The Hall–Kier alpha value is -2.32. The molecule has 1 heterocycles. The van der Waals surface area contributed by atoms with Gasteiger partial charge >= 0.3 is 5.97 Å². The molecule has 0 aromatic carbocycles. The van der Waals surface area contributed by atoms with Crippen molar-refractivity contribution >= 4 is 11.7 Å². The lowest BCUT2D eigenvalue weighted by atomic mass is 10.1. The molecule has 1 aromatic rings. The molecule has 1 aromatic heterocycles. The van der Waals surface area contributed by atoms with Crippen LogP contribution in [0.4, 0.5) is 0 Å². The van der Waals surface area contributed by atoms with Crippen molar-refractivity contribution in [2.24, 2.45) is 35.1 Å². The van der Waals surface area contributed by atoms with E-state index >= 15 is 0 Å². The van der Waals surface area contributed by atoms with Crippen molar-refractivity contribution in [3.63, 3.8) is 0 Å². The van der Waals surface area contributed by atoms with Crippen LogP contribution < -0.4 is 17.3 Å². The van der Waals surface area contributed by atoms with Gasteiger partial charge in [-0.25, -0.2) is 10.8 Å². The van der Waals surface area contributed by atoms with Crippen LogP contribution >= 0.6 is 0 Å². The number of aromatic nitrogens is 1. The van der Waals surface area contributed by atoms with Crippen LogP contribution in [0.25, 0.3) is 5.70 Å². The lowest BCUT2D eigenvalue weighted by molar-refractivity contribution is -0.145. The fourth-order valence-electron chi connectivity index (χ4n) is 3.71. The summed E-state index contributed by atoms with van der Waals surface area (Å²) in [6.07, 6.45) is 3.84. The number of hydrogen-bond donors (Lipinski definition) is 4. The van der Waals surface area contributed by atoms with Gasteiger partial charge in [-0.15, -0.1) is 0 Å². The number of aromatic hydroxyl groups is 1. The molecule has 2 fully saturated rings. The Morgan fingerprint density at radius 3 is 2.48 bits per heavy atom. The van der Waals surface area contributed by atoms with Gasteiger partial charge in [0.05, 0.1) is 35.3 Å². The van der Waals surface area contributed by atoms with E-state index in [0.717, 1.165) is 0 Å². The van der Waals surface area contributed by atoms with E-state index in [9.17, 15) is 9.90 Å². The number of carbonyl (C=O) groups is 1. The number of hydrazine groups is 1. The van der Waals surface area contributed by atoms with E-state index in [1.807, 2.05) is 6.92 Å². The molecule has 2 atom stereocenters. The van der Waals surface area contributed by atoms with Crippen molar-refractivity contribution in [2.75, 3.05) is 20.2 Å². The number of carbonyl (C=O) groups excluding carboxylic acids is 1. The average Bonchev–Trinajstić information content (AvgIpc) is 3.11. The number of nitrogens with two attached hydrogens (primary N) is 3. The average molecular weight is 377 g/mol. The lowest BCUT2D eigenvalue weighted by Gasteiger charge is -2.18. The Kier molecular flexibility index (Phi) is 7.04. The van der Waals surface area contributed by atoms with E-state index in [1.54, 1.807) is 20.0 Å². The SMILES string of the molecule is CCOC(=O)C1C2CCCC21.Cc1nc(/C(N)=C(\CN)N(C)N)ccc1O.